The monoisotopic (exact) mass is 427 g/mol. The summed E-state index contributed by atoms with van der Waals surface area (Å²) in [6.07, 6.45) is 1.04. The number of aliphatic imine (C=N–C) groups is 1. The molecule has 2 aromatic rings. The molecular weight excluding hydrogens is 398 g/mol. The van der Waals surface area contributed by atoms with Crippen molar-refractivity contribution in [3.8, 4) is 0 Å². The van der Waals surface area contributed by atoms with Crippen LogP contribution < -0.4 is 20.9 Å². The molecule has 1 saturated heterocycles. The van der Waals surface area contributed by atoms with Gasteiger partial charge >= 0.3 is 0 Å². The van der Waals surface area contributed by atoms with Gasteiger partial charge in [0.05, 0.1) is 0 Å². The van der Waals surface area contributed by atoms with Gasteiger partial charge in [-0.15, -0.1) is 0 Å². The van der Waals surface area contributed by atoms with Gasteiger partial charge in [-0.3, -0.25) is 9.79 Å². The van der Waals surface area contributed by atoms with Crippen LogP contribution in [0, 0.1) is 5.92 Å². The molecular formula is C23H30ClN5O. The summed E-state index contributed by atoms with van der Waals surface area (Å²) >= 11 is 6.12. The molecule has 2 aromatic carbocycles. The van der Waals surface area contributed by atoms with Crippen molar-refractivity contribution >= 4 is 34.8 Å². The normalized spacial score (nSPS) is 16.6. The zero-order chi connectivity index (χ0) is 21.5. The Morgan fingerprint density at radius 3 is 2.67 bits per heavy atom. The van der Waals surface area contributed by atoms with E-state index in [1.165, 1.54) is 0 Å². The van der Waals surface area contributed by atoms with Crippen molar-refractivity contribution in [2.75, 3.05) is 30.4 Å². The van der Waals surface area contributed by atoms with Crippen LogP contribution in [-0.2, 0) is 11.3 Å². The van der Waals surface area contributed by atoms with Crippen LogP contribution in [0.5, 0.6) is 0 Å². The molecule has 160 valence electrons. The van der Waals surface area contributed by atoms with Gasteiger partial charge in [-0.05, 0) is 42.3 Å². The lowest BCUT2D eigenvalue weighted by atomic mass is 10.1. The molecule has 1 atom stereocenters. The third kappa shape index (κ3) is 6.13. The molecule has 0 radical (unpaired) electrons. The highest BCUT2D eigenvalue weighted by Gasteiger charge is 2.23. The number of nitrogens with one attached hydrogen (secondary N) is 3. The van der Waals surface area contributed by atoms with Gasteiger partial charge in [0.15, 0.2) is 5.96 Å². The number of hydrogen-bond donors (Lipinski definition) is 3. The first-order valence-corrected chi connectivity index (χ1v) is 10.7. The van der Waals surface area contributed by atoms with E-state index in [1.807, 2.05) is 56.3 Å². The summed E-state index contributed by atoms with van der Waals surface area (Å²) in [5.74, 6) is 0.769. The van der Waals surface area contributed by atoms with E-state index in [9.17, 15) is 4.79 Å². The van der Waals surface area contributed by atoms with Crippen LogP contribution in [0.15, 0.2) is 53.5 Å². The van der Waals surface area contributed by atoms with Gasteiger partial charge in [-0.1, -0.05) is 43.6 Å². The zero-order valence-corrected chi connectivity index (χ0v) is 18.5. The number of rotatable bonds is 6. The molecule has 0 bridgehead atoms. The number of benzene rings is 2. The minimum absolute atomic E-state index is 0.0221. The minimum atomic E-state index is -0.0360. The first-order valence-electron chi connectivity index (χ1n) is 10.3. The van der Waals surface area contributed by atoms with Crippen molar-refractivity contribution in [3.05, 3.63) is 59.1 Å². The summed E-state index contributed by atoms with van der Waals surface area (Å²) < 4.78 is 0. The van der Waals surface area contributed by atoms with Gasteiger partial charge in [0.25, 0.3) is 0 Å². The molecule has 1 heterocycles. The Morgan fingerprint density at radius 2 is 2.00 bits per heavy atom. The Balaban J connectivity index is 1.48. The second-order valence-electron chi connectivity index (χ2n) is 7.82. The summed E-state index contributed by atoms with van der Waals surface area (Å²) in [7, 11) is 1.78. The number of amides is 1. The molecule has 30 heavy (non-hydrogen) atoms. The Bertz CT molecular complexity index is 881. The van der Waals surface area contributed by atoms with Gasteiger partial charge in [-0.25, -0.2) is 0 Å². The minimum Gasteiger partial charge on any atom is -0.369 e. The average Bonchev–Trinajstić information content (AvgIpc) is 3.20. The maximum absolute atomic E-state index is 11.8. The van der Waals surface area contributed by atoms with E-state index in [0.29, 0.717) is 12.6 Å². The molecule has 3 N–H and O–H groups in total. The maximum atomic E-state index is 11.8. The predicted octanol–water partition coefficient (Wildman–Crippen LogP) is 3.88. The van der Waals surface area contributed by atoms with E-state index < -0.39 is 0 Å². The third-order valence-electron chi connectivity index (χ3n) is 5.13. The molecule has 1 unspecified atom stereocenters. The molecule has 1 fully saturated rings. The molecule has 0 saturated carbocycles. The summed E-state index contributed by atoms with van der Waals surface area (Å²) in [6.45, 7) is 6.31. The van der Waals surface area contributed by atoms with Crippen molar-refractivity contribution < 1.29 is 4.79 Å². The van der Waals surface area contributed by atoms with Gasteiger partial charge in [0.1, 0.15) is 0 Å². The van der Waals surface area contributed by atoms with Crippen molar-refractivity contribution in [2.45, 2.75) is 32.9 Å². The Kier molecular flexibility index (Phi) is 7.57. The first-order chi connectivity index (χ1) is 14.4. The molecule has 0 spiro atoms. The quantitative estimate of drug-likeness (QED) is 0.483. The number of halogens is 1. The SMILES string of the molecule is CN=C(NCc1ccc(NC(=O)C(C)C)cc1)NC1CCN(c2cccc(Cl)c2)C1. The molecule has 1 aliphatic heterocycles. The topological polar surface area (TPSA) is 68.8 Å². The lowest BCUT2D eigenvalue weighted by Gasteiger charge is -2.20. The van der Waals surface area contributed by atoms with Crippen LogP contribution >= 0.6 is 11.6 Å². The van der Waals surface area contributed by atoms with Gasteiger partial charge in [0, 0.05) is 55.0 Å². The van der Waals surface area contributed by atoms with Crippen LogP contribution in [0.25, 0.3) is 0 Å². The lowest BCUT2D eigenvalue weighted by molar-refractivity contribution is -0.118. The number of guanidine groups is 1. The third-order valence-corrected chi connectivity index (χ3v) is 5.37. The number of carbonyl (C=O) groups excluding carboxylic acids is 1. The van der Waals surface area contributed by atoms with Crippen LogP contribution in [0.2, 0.25) is 5.02 Å². The van der Waals surface area contributed by atoms with Gasteiger partial charge in [0.2, 0.25) is 5.91 Å². The number of carbonyl (C=O) groups is 1. The molecule has 0 aliphatic carbocycles. The van der Waals surface area contributed by atoms with E-state index in [1.54, 1.807) is 7.05 Å². The standard InChI is InChI=1S/C23H30ClN5O/c1-16(2)22(30)27-19-9-7-17(8-10-19)14-26-23(25-3)28-20-11-12-29(15-20)21-6-4-5-18(24)13-21/h4-10,13,16,20H,11-12,14-15H2,1-3H3,(H,27,30)(H2,25,26,28). The Labute approximate surface area is 183 Å². The second kappa shape index (κ2) is 10.3. The van der Waals surface area contributed by atoms with Gasteiger partial charge < -0.3 is 20.9 Å². The van der Waals surface area contributed by atoms with Crippen LogP contribution in [-0.4, -0.2) is 38.0 Å². The van der Waals surface area contributed by atoms with E-state index >= 15 is 0 Å². The molecule has 0 aromatic heterocycles. The molecule has 6 nitrogen and oxygen atoms in total. The summed E-state index contributed by atoms with van der Waals surface area (Å²) in [5.41, 5.74) is 3.08. The number of anilines is 2. The average molecular weight is 428 g/mol. The fourth-order valence-corrected chi connectivity index (χ4v) is 3.54. The zero-order valence-electron chi connectivity index (χ0n) is 17.8. The lowest BCUT2D eigenvalue weighted by Crippen LogP contribution is -2.44. The molecule has 3 rings (SSSR count). The fourth-order valence-electron chi connectivity index (χ4n) is 3.35. The molecule has 1 amide bonds. The smallest absolute Gasteiger partial charge is 0.226 e. The Hall–Kier alpha value is -2.73. The van der Waals surface area contributed by atoms with E-state index in [4.69, 9.17) is 11.6 Å². The second-order valence-corrected chi connectivity index (χ2v) is 8.26. The van der Waals surface area contributed by atoms with Crippen molar-refractivity contribution in [1.82, 2.24) is 10.6 Å². The first kappa shape index (κ1) is 22.0. The molecule has 1 aliphatic rings. The predicted molar refractivity (Wildman–Crippen MR) is 125 cm³/mol. The molecule has 7 heteroatoms. The van der Waals surface area contributed by atoms with Crippen LogP contribution in [0.1, 0.15) is 25.8 Å². The van der Waals surface area contributed by atoms with E-state index in [-0.39, 0.29) is 11.8 Å². The van der Waals surface area contributed by atoms with Crippen LogP contribution in [0.4, 0.5) is 11.4 Å². The highest BCUT2D eigenvalue weighted by molar-refractivity contribution is 6.30. The number of hydrogen-bond acceptors (Lipinski definition) is 3. The maximum Gasteiger partial charge on any atom is 0.226 e. The summed E-state index contributed by atoms with van der Waals surface area (Å²) in [5, 5.41) is 10.5. The summed E-state index contributed by atoms with van der Waals surface area (Å²) in [6, 6.07) is 16.2. The van der Waals surface area contributed by atoms with Crippen LogP contribution in [0.3, 0.4) is 0 Å². The van der Waals surface area contributed by atoms with Crippen molar-refractivity contribution in [3.63, 3.8) is 0 Å². The van der Waals surface area contributed by atoms with E-state index in [2.05, 4.69) is 31.9 Å². The van der Waals surface area contributed by atoms with Crippen molar-refractivity contribution in [1.29, 1.82) is 0 Å². The highest BCUT2D eigenvalue weighted by atomic mass is 35.5. The number of nitrogens with zero attached hydrogens (tertiary/aromatic N) is 2. The van der Waals surface area contributed by atoms with Gasteiger partial charge in [-0.2, -0.15) is 0 Å². The highest BCUT2D eigenvalue weighted by Crippen LogP contribution is 2.23. The largest absolute Gasteiger partial charge is 0.369 e. The van der Waals surface area contributed by atoms with E-state index in [0.717, 1.165) is 47.4 Å². The summed E-state index contributed by atoms with van der Waals surface area (Å²) in [4.78, 5) is 18.5. The van der Waals surface area contributed by atoms with Crippen molar-refractivity contribution in [2.24, 2.45) is 10.9 Å². The Morgan fingerprint density at radius 1 is 1.23 bits per heavy atom. The fraction of sp³-hybridized carbons (Fsp3) is 0.391.